The Bertz CT molecular complexity index is 646. The van der Waals surface area contributed by atoms with Crippen molar-refractivity contribution in [3.63, 3.8) is 0 Å². The summed E-state index contributed by atoms with van der Waals surface area (Å²) < 4.78 is 0. The lowest BCUT2D eigenvalue weighted by Gasteiger charge is -2.20. The molecule has 112 valence electrons. The predicted molar refractivity (Wildman–Crippen MR) is 88.2 cm³/mol. The first kappa shape index (κ1) is 15.4. The van der Waals surface area contributed by atoms with E-state index in [4.69, 9.17) is 10.8 Å². The Balaban J connectivity index is 2.70. The molecule has 0 saturated carbocycles. The third-order valence-corrected chi connectivity index (χ3v) is 3.54. The summed E-state index contributed by atoms with van der Waals surface area (Å²) in [5.74, 6) is 6.94. The minimum Gasteiger partial charge on any atom is -0.308 e. The number of aromatic nitrogens is 2. The summed E-state index contributed by atoms with van der Waals surface area (Å²) >= 11 is 0. The van der Waals surface area contributed by atoms with Gasteiger partial charge in [-0.1, -0.05) is 38.5 Å². The van der Waals surface area contributed by atoms with E-state index in [-0.39, 0.29) is 5.41 Å². The predicted octanol–water partition coefficient (Wildman–Crippen LogP) is 3.65. The van der Waals surface area contributed by atoms with Crippen molar-refractivity contribution in [1.29, 1.82) is 0 Å². The average Bonchev–Trinajstić information content (AvgIpc) is 2.36. The Morgan fingerprint density at radius 3 is 2.00 bits per heavy atom. The quantitative estimate of drug-likeness (QED) is 0.652. The molecule has 0 aliphatic rings. The second-order valence-electron chi connectivity index (χ2n) is 6.63. The molecule has 0 atom stereocenters. The molecule has 2 rings (SSSR count). The van der Waals surface area contributed by atoms with Crippen LogP contribution < -0.4 is 11.3 Å². The fraction of sp³-hybridized carbons (Fsp3) is 0.412. The van der Waals surface area contributed by atoms with E-state index in [2.05, 4.69) is 64.1 Å². The number of nitrogens with one attached hydrogen (secondary N) is 1. The van der Waals surface area contributed by atoms with Gasteiger partial charge in [0.05, 0.1) is 5.69 Å². The first-order valence-corrected chi connectivity index (χ1v) is 7.17. The van der Waals surface area contributed by atoms with Crippen molar-refractivity contribution in [2.45, 2.75) is 47.0 Å². The van der Waals surface area contributed by atoms with E-state index in [0.717, 1.165) is 17.1 Å². The van der Waals surface area contributed by atoms with Crippen LogP contribution in [0.1, 0.15) is 43.2 Å². The van der Waals surface area contributed by atoms with E-state index < -0.39 is 0 Å². The molecule has 4 heteroatoms. The molecule has 3 N–H and O–H groups in total. The molecule has 0 radical (unpaired) electrons. The van der Waals surface area contributed by atoms with Gasteiger partial charge in [-0.3, -0.25) is 0 Å². The van der Waals surface area contributed by atoms with Gasteiger partial charge in [0.1, 0.15) is 5.82 Å². The van der Waals surface area contributed by atoms with Gasteiger partial charge in [-0.05, 0) is 31.9 Å². The minimum absolute atomic E-state index is 0.0597. The smallest absolute Gasteiger partial charge is 0.162 e. The van der Waals surface area contributed by atoms with Gasteiger partial charge in [0, 0.05) is 17.0 Å². The van der Waals surface area contributed by atoms with E-state index in [1.165, 1.54) is 16.7 Å². The summed E-state index contributed by atoms with van der Waals surface area (Å²) in [6.45, 7) is 12.7. The van der Waals surface area contributed by atoms with Crippen molar-refractivity contribution in [2.24, 2.45) is 5.84 Å². The van der Waals surface area contributed by atoms with Crippen LogP contribution in [0, 0.1) is 20.8 Å². The number of hydrogen-bond acceptors (Lipinski definition) is 4. The van der Waals surface area contributed by atoms with Gasteiger partial charge in [-0.2, -0.15) is 0 Å². The topological polar surface area (TPSA) is 63.8 Å². The number of nitrogens with two attached hydrogens (primary N) is 1. The average molecular weight is 284 g/mol. The number of nitrogen functional groups attached to an aromatic ring is 1. The van der Waals surface area contributed by atoms with Gasteiger partial charge in [-0.25, -0.2) is 15.8 Å². The molecule has 0 fully saturated rings. The fourth-order valence-corrected chi connectivity index (χ4v) is 2.55. The van der Waals surface area contributed by atoms with Crippen molar-refractivity contribution < 1.29 is 0 Å². The zero-order valence-corrected chi connectivity index (χ0v) is 13.7. The summed E-state index contributed by atoms with van der Waals surface area (Å²) in [6.07, 6.45) is 0. The molecule has 1 aromatic carbocycles. The Hall–Kier alpha value is -1.94. The SMILES string of the molecule is Cc1cc(C)c(-c2nc(NN)cc(C(C)(C)C)n2)c(C)c1. The summed E-state index contributed by atoms with van der Waals surface area (Å²) in [4.78, 5) is 9.31. The number of aryl methyl sites for hydroxylation is 3. The molecule has 4 nitrogen and oxygen atoms in total. The molecular formula is C17H24N4. The second-order valence-corrected chi connectivity index (χ2v) is 6.63. The summed E-state index contributed by atoms with van der Waals surface area (Å²) in [5.41, 5.74) is 8.26. The van der Waals surface area contributed by atoms with Crippen molar-refractivity contribution in [3.05, 3.63) is 40.6 Å². The summed E-state index contributed by atoms with van der Waals surface area (Å²) in [5, 5.41) is 0. The molecule has 21 heavy (non-hydrogen) atoms. The van der Waals surface area contributed by atoms with E-state index in [9.17, 15) is 0 Å². The highest BCUT2D eigenvalue weighted by Gasteiger charge is 2.19. The van der Waals surface area contributed by atoms with Crippen LogP contribution >= 0.6 is 0 Å². The van der Waals surface area contributed by atoms with E-state index in [1.54, 1.807) is 0 Å². The molecule has 0 amide bonds. The van der Waals surface area contributed by atoms with Crippen molar-refractivity contribution in [2.75, 3.05) is 5.43 Å². The van der Waals surface area contributed by atoms with Gasteiger partial charge < -0.3 is 5.43 Å². The summed E-state index contributed by atoms with van der Waals surface area (Å²) in [6, 6.07) is 6.22. The van der Waals surface area contributed by atoms with Crippen molar-refractivity contribution >= 4 is 5.82 Å². The molecule has 0 aliphatic carbocycles. The number of rotatable bonds is 2. The number of benzene rings is 1. The lowest BCUT2D eigenvalue weighted by molar-refractivity contribution is 0.568. The van der Waals surface area contributed by atoms with E-state index >= 15 is 0 Å². The standard InChI is InChI=1S/C17H24N4/c1-10-7-11(2)15(12(3)8-10)16-19-13(17(4,5)6)9-14(20-16)21-18/h7-9H,18H2,1-6H3,(H,19,20,21). The zero-order chi connectivity index (χ0) is 15.8. The largest absolute Gasteiger partial charge is 0.308 e. The van der Waals surface area contributed by atoms with Crippen LogP contribution in [0.15, 0.2) is 18.2 Å². The number of hydrazine groups is 1. The van der Waals surface area contributed by atoms with Crippen LogP contribution in [-0.4, -0.2) is 9.97 Å². The Morgan fingerprint density at radius 1 is 0.952 bits per heavy atom. The lowest BCUT2D eigenvalue weighted by Crippen LogP contribution is -2.17. The van der Waals surface area contributed by atoms with Crippen LogP contribution in [-0.2, 0) is 5.41 Å². The van der Waals surface area contributed by atoms with E-state index in [1.807, 2.05) is 6.07 Å². The molecule has 0 saturated heterocycles. The fourth-order valence-electron chi connectivity index (χ4n) is 2.55. The Labute approximate surface area is 126 Å². The monoisotopic (exact) mass is 284 g/mol. The third kappa shape index (κ3) is 3.22. The Kier molecular flexibility index (Phi) is 4.01. The van der Waals surface area contributed by atoms with Gasteiger partial charge in [-0.15, -0.1) is 0 Å². The number of anilines is 1. The van der Waals surface area contributed by atoms with Crippen LogP contribution in [0.4, 0.5) is 5.82 Å². The highest BCUT2D eigenvalue weighted by atomic mass is 15.3. The van der Waals surface area contributed by atoms with E-state index in [0.29, 0.717) is 5.82 Å². The van der Waals surface area contributed by atoms with Crippen LogP contribution in [0.5, 0.6) is 0 Å². The van der Waals surface area contributed by atoms with Gasteiger partial charge in [0.15, 0.2) is 5.82 Å². The molecule has 0 unspecified atom stereocenters. The molecule has 0 aliphatic heterocycles. The summed E-state index contributed by atoms with van der Waals surface area (Å²) in [7, 11) is 0. The Morgan fingerprint density at radius 2 is 1.52 bits per heavy atom. The maximum Gasteiger partial charge on any atom is 0.162 e. The number of hydrogen-bond donors (Lipinski definition) is 2. The molecule has 2 aromatic rings. The zero-order valence-electron chi connectivity index (χ0n) is 13.7. The molecule has 1 aromatic heterocycles. The molecule has 0 bridgehead atoms. The normalized spacial score (nSPS) is 11.6. The molecule has 1 heterocycles. The highest BCUT2D eigenvalue weighted by Crippen LogP contribution is 2.29. The van der Waals surface area contributed by atoms with Crippen LogP contribution in [0.3, 0.4) is 0 Å². The second kappa shape index (κ2) is 5.45. The first-order chi connectivity index (χ1) is 9.72. The third-order valence-electron chi connectivity index (χ3n) is 3.54. The lowest BCUT2D eigenvalue weighted by atomic mass is 9.91. The molecular weight excluding hydrogens is 260 g/mol. The van der Waals surface area contributed by atoms with Crippen molar-refractivity contribution in [1.82, 2.24) is 9.97 Å². The molecule has 0 spiro atoms. The van der Waals surface area contributed by atoms with Crippen molar-refractivity contribution in [3.8, 4) is 11.4 Å². The maximum atomic E-state index is 5.57. The van der Waals surface area contributed by atoms with Gasteiger partial charge in [0.2, 0.25) is 0 Å². The minimum atomic E-state index is -0.0597. The highest BCUT2D eigenvalue weighted by molar-refractivity contribution is 5.66. The first-order valence-electron chi connectivity index (χ1n) is 7.17. The van der Waals surface area contributed by atoms with Gasteiger partial charge in [0.25, 0.3) is 0 Å². The van der Waals surface area contributed by atoms with Crippen LogP contribution in [0.2, 0.25) is 0 Å². The van der Waals surface area contributed by atoms with Crippen LogP contribution in [0.25, 0.3) is 11.4 Å². The maximum absolute atomic E-state index is 5.57. The number of nitrogens with zero attached hydrogens (tertiary/aromatic N) is 2. The van der Waals surface area contributed by atoms with Gasteiger partial charge >= 0.3 is 0 Å².